The SMILES string of the molecule is Cc1ccc(C(=O)CCC(=O)NCc2cccc(C)c2)cc1. The number of Topliss-reactive ketones (excluding diaryl/α,β-unsaturated/α-hetero) is 1. The molecule has 0 atom stereocenters. The summed E-state index contributed by atoms with van der Waals surface area (Å²) < 4.78 is 0. The summed E-state index contributed by atoms with van der Waals surface area (Å²) in [6.07, 6.45) is 0.460. The van der Waals surface area contributed by atoms with Gasteiger partial charge in [-0.2, -0.15) is 0 Å². The van der Waals surface area contributed by atoms with E-state index in [1.165, 1.54) is 5.56 Å². The first-order valence-corrected chi connectivity index (χ1v) is 7.47. The Morgan fingerprint density at radius 1 is 0.909 bits per heavy atom. The van der Waals surface area contributed by atoms with Crippen molar-refractivity contribution in [2.24, 2.45) is 0 Å². The van der Waals surface area contributed by atoms with Gasteiger partial charge in [0.25, 0.3) is 0 Å². The van der Waals surface area contributed by atoms with Crippen molar-refractivity contribution in [1.29, 1.82) is 0 Å². The zero-order chi connectivity index (χ0) is 15.9. The minimum Gasteiger partial charge on any atom is -0.352 e. The van der Waals surface area contributed by atoms with Gasteiger partial charge in [-0.1, -0.05) is 59.7 Å². The van der Waals surface area contributed by atoms with Crippen LogP contribution in [0.2, 0.25) is 0 Å². The molecule has 1 amide bonds. The van der Waals surface area contributed by atoms with Crippen molar-refractivity contribution < 1.29 is 9.59 Å². The van der Waals surface area contributed by atoms with Crippen LogP contribution in [-0.2, 0) is 11.3 Å². The van der Waals surface area contributed by atoms with Gasteiger partial charge in [0.2, 0.25) is 5.91 Å². The molecule has 1 N–H and O–H groups in total. The first kappa shape index (κ1) is 16.0. The van der Waals surface area contributed by atoms with Crippen LogP contribution in [0.25, 0.3) is 0 Å². The number of carbonyl (C=O) groups excluding carboxylic acids is 2. The Bertz CT molecular complexity index is 659. The van der Waals surface area contributed by atoms with Gasteiger partial charge >= 0.3 is 0 Å². The van der Waals surface area contributed by atoms with Crippen LogP contribution in [0.1, 0.15) is 39.9 Å². The molecule has 3 nitrogen and oxygen atoms in total. The van der Waals surface area contributed by atoms with E-state index in [9.17, 15) is 9.59 Å². The standard InChI is InChI=1S/C19H21NO2/c1-14-6-8-17(9-7-14)18(21)10-11-19(22)20-13-16-5-3-4-15(2)12-16/h3-9,12H,10-11,13H2,1-2H3,(H,20,22). The number of hydrogen-bond donors (Lipinski definition) is 1. The fourth-order valence-corrected chi connectivity index (χ4v) is 2.22. The Labute approximate surface area is 131 Å². The lowest BCUT2D eigenvalue weighted by Crippen LogP contribution is -2.23. The largest absolute Gasteiger partial charge is 0.352 e. The number of carbonyl (C=O) groups is 2. The van der Waals surface area contributed by atoms with Gasteiger partial charge in [0.15, 0.2) is 5.78 Å². The van der Waals surface area contributed by atoms with E-state index in [2.05, 4.69) is 5.32 Å². The minimum absolute atomic E-state index is 0.00528. The molecule has 0 radical (unpaired) electrons. The molecule has 0 spiro atoms. The molecular weight excluding hydrogens is 274 g/mol. The van der Waals surface area contributed by atoms with Gasteiger partial charge in [0.05, 0.1) is 0 Å². The summed E-state index contributed by atoms with van der Waals surface area (Å²) in [5.41, 5.74) is 4.02. The van der Waals surface area contributed by atoms with Gasteiger partial charge < -0.3 is 5.32 Å². The van der Waals surface area contributed by atoms with Gasteiger partial charge in [0, 0.05) is 24.9 Å². The highest BCUT2D eigenvalue weighted by molar-refractivity contribution is 5.97. The number of ketones is 1. The maximum atomic E-state index is 12.0. The molecule has 2 aromatic carbocycles. The molecule has 114 valence electrons. The van der Waals surface area contributed by atoms with Crippen LogP contribution in [0.3, 0.4) is 0 Å². The molecule has 22 heavy (non-hydrogen) atoms. The monoisotopic (exact) mass is 295 g/mol. The third-order valence-electron chi connectivity index (χ3n) is 3.52. The van der Waals surface area contributed by atoms with Gasteiger partial charge in [-0.15, -0.1) is 0 Å². The number of nitrogens with one attached hydrogen (secondary N) is 1. The van der Waals surface area contributed by atoms with Crippen molar-refractivity contribution in [3.63, 3.8) is 0 Å². The summed E-state index contributed by atoms with van der Waals surface area (Å²) in [7, 11) is 0. The normalized spacial score (nSPS) is 10.3. The van der Waals surface area contributed by atoms with Crippen molar-refractivity contribution in [3.05, 3.63) is 70.8 Å². The van der Waals surface area contributed by atoms with Crippen molar-refractivity contribution >= 4 is 11.7 Å². The van der Waals surface area contributed by atoms with Gasteiger partial charge in [-0.25, -0.2) is 0 Å². The van der Waals surface area contributed by atoms with Crippen molar-refractivity contribution in [2.45, 2.75) is 33.2 Å². The number of benzene rings is 2. The zero-order valence-electron chi connectivity index (χ0n) is 13.1. The second-order valence-electron chi connectivity index (χ2n) is 5.55. The molecular formula is C19H21NO2. The highest BCUT2D eigenvalue weighted by atomic mass is 16.2. The summed E-state index contributed by atoms with van der Waals surface area (Å²) in [6, 6.07) is 15.4. The second kappa shape index (κ2) is 7.55. The first-order valence-electron chi connectivity index (χ1n) is 7.47. The van der Waals surface area contributed by atoms with Crippen LogP contribution in [0, 0.1) is 13.8 Å². The fourth-order valence-electron chi connectivity index (χ4n) is 2.22. The van der Waals surface area contributed by atoms with Gasteiger partial charge in [-0.3, -0.25) is 9.59 Å². The van der Waals surface area contributed by atoms with Crippen LogP contribution in [0.15, 0.2) is 48.5 Å². The molecule has 0 aliphatic carbocycles. The third kappa shape index (κ3) is 4.85. The lowest BCUT2D eigenvalue weighted by atomic mass is 10.0. The molecule has 0 aliphatic rings. The Hall–Kier alpha value is -2.42. The number of amides is 1. The summed E-state index contributed by atoms with van der Waals surface area (Å²) in [5, 5.41) is 2.85. The van der Waals surface area contributed by atoms with Gasteiger partial charge in [-0.05, 0) is 19.4 Å². The van der Waals surface area contributed by atoms with Crippen molar-refractivity contribution in [3.8, 4) is 0 Å². The lowest BCUT2D eigenvalue weighted by molar-refractivity contribution is -0.121. The Kier molecular flexibility index (Phi) is 5.48. The third-order valence-corrected chi connectivity index (χ3v) is 3.52. The van der Waals surface area contributed by atoms with Crippen LogP contribution < -0.4 is 5.32 Å². The molecule has 0 aliphatic heterocycles. The van der Waals surface area contributed by atoms with Crippen LogP contribution in [-0.4, -0.2) is 11.7 Å². The van der Waals surface area contributed by atoms with E-state index in [4.69, 9.17) is 0 Å². The average Bonchev–Trinajstić information content (AvgIpc) is 2.51. The minimum atomic E-state index is -0.0954. The van der Waals surface area contributed by atoms with E-state index in [1.54, 1.807) is 0 Å². The molecule has 0 saturated heterocycles. The van der Waals surface area contributed by atoms with Crippen molar-refractivity contribution in [2.75, 3.05) is 0 Å². The van der Waals surface area contributed by atoms with E-state index in [1.807, 2.05) is 62.4 Å². The van der Waals surface area contributed by atoms with Crippen LogP contribution in [0.4, 0.5) is 0 Å². The van der Waals surface area contributed by atoms with Crippen LogP contribution in [0.5, 0.6) is 0 Å². The number of rotatable bonds is 6. The molecule has 0 fully saturated rings. The molecule has 2 aromatic rings. The van der Waals surface area contributed by atoms with E-state index >= 15 is 0 Å². The van der Waals surface area contributed by atoms with Crippen LogP contribution >= 0.6 is 0 Å². The van der Waals surface area contributed by atoms with E-state index in [0.29, 0.717) is 12.1 Å². The highest BCUT2D eigenvalue weighted by Gasteiger charge is 2.09. The van der Waals surface area contributed by atoms with E-state index in [0.717, 1.165) is 11.1 Å². The second-order valence-corrected chi connectivity index (χ2v) is 5.55. The first-order chi connectivity index (χ1) is 10.5. The molecule has 0 heterocycles. The fraction of sp³-hybridized carbons (Fsp3) is 0.263. The van der Waals surface area contributed by atoms with Gasteiger partial charge in [0.1, 0.15) is 0 Å². The average molecular weight is 295 g/mol. The molecule has 0 bridgehead atoms. The maximum absolute atomic E-state index is 12.0. The molecule has 0 unspecified atom stereocenters. The zero-order valence-corrected chi connectivity index (χ0v) is 13.1. The molecule has 2 rings (SSSR count). The predicted octanol–water partition coefficient (Wildman–Crippen LogP) is 3.58. The highest BCUT2D eigenvalue weighted by Crippen LogP contribution is 2.08. The number of hydrogen-bond acceptors (Lipinski definition) is 2. The van der Waals surface area contributed by atoms with E-state index < -0.39 is 0 Å². The Morgan fingerprint density at radius 3 is 2.32 bits per heavy atom. The topological polar surface area (TPSA) is 46.2 Å². The Balaban J connectivity index is 1.78. The predicted molar refractivity (Wildman–Crippen MR) is 87.8 cm³/mol. The molecule has 0 aromatic heterocycles. The summed E-state index contributed by atoms with van der Waals surface area (Å²) in [5.74, 6) is -0.0901. The maximum Gasteiger partial charge on any atom is 0.220 e. The van der Waals surface area contributed by atoms with E-state index in [-0.39, 0.29) is 24.5 Å². The Morgan fingerprint density at radius 2 is 1.64 bits per heavy atom. The van der Waals surface area contributed by atoms with Crippen molar-refractivity contribution in [1.82, 2.24) is 5.32 Å². The molecule has 3 heteroatoms. The number of aryl methyl sites for hydroxylation is 2. The smallest absolute Gasteiger partial charge is 0.220 e. The summed E-state index contributed by atoms with van der Waals surface area (Å²) >= 11 is 0. The lowest BCUT2D eigenvalue weighted by Gasteiger charge is -2.06. The quantitative estimate of drug-likeness (QED) is 0.828. The summed E-state index contributed by atoms with van der Waals surface area (Å²) in [6.45, 7) is 4.50. The molecule has 0 saturated carbocycles. The summed E-state index contributed by atoms with van der Waals surface area (Å²) in [4.78, 5) is 23.8.